The predicted molar refractivity (Wildman–Crippen MR) is 83.9 cm³/mol. The molecule has 1 saturated heterocycles. The van der Waals surface area contributed by atoms with Crippen molar-refractivity contribution in [3.8, 4) is 0 Å². The molecule has 1 aliphatic rings. The van der Waals surface area contributed by atoms with Crippen LogP contribution in [0.5, 0.6) is 0 Å². The highest BCUT2D eigenvalue weighted by Gasteiger charge is 2.16. The van der Waals surface area contributed by atoms with Gasteiger partial charge in [0.25, 0.3) is 0 Å². The lowest BCUT2D eigenvalue weighted by Gasteiger charge is -2.22. The maximum atomic E-state index is 13.4. The van der Waals surface area contributed by atoms with Gasteiger partial charge < -0.3 is 9.88 Å². The lowest BCUT2D eigenvalue weighted by Crippen LogP contribution is -2.30. The molecule has 114 valence electrons. The Balaban J connectivity index is 1.80. The van der Waals surface area contributed by atoms with E-state index in [9.17, 15) is 4.39 Å². The zero-order chi connectivity index (χ0) is 14.7. The maximum absolute atomic E-state index is 13.4. The molecule has 3 nitrogen and oxygen atoms in total. The molecule has 4 heteroatoms. The van der Waals surface area contributed by atoms with Gasteiger partial charge in [0.15, 0.2) is 0 Å². The fourth-order valence-corrected chi connectivity index (χ4v) is 3.32. The summed E-state index contributed by atoms with van der Waals surface area (Å²) in [5, 5.41) is 3.47. The summed E-state index contributed by atoms with van der Waals surface area (Å²) in [7, 11) is 0. The van der Waals surface area contributed by atoms with E-state index in [1.54, 1.807) is 6.07 Å². The molecule has 2 heterocycles. The summed E-state index contributed by atoms with van der Waals surface area (Å²) in [6, 6.07) is 4.94. The van der Waals surface area contributed by atoms with Gasteiger partial charge in [-0.05, 0) is 56.8 Å². The van der Waals surface area contributed by atoms with Gasteiger partial charge in [-0.2, -0.15) is 0 Å². The zero-order valence-electron chi connectivity index (χ0n) is 12.7. The second kappa shape index (κ2) is 6.56. The van der Waals surface area contributed by atoms with Crippen LogP contribution in [0.25, 0.3) is 11.0 Å². The molecule has 1 aromatic heterocycles. The largest absolute Gasteiger partial charge is 0.328 e. The average Bonchev–Trinajstić information content (AvgIpc) is 2.84. The molecule has 0 saturated carbocycles. The van der Waals surface area contributed by atoms with E-state index in [-0.39, 0.29) is 5.82 Å². The number of hydrogen-bond acceptors (Lipinski definition) is 2. The molecule has 0 amide bonds. The third-order valence-corrected chi connectivity index (χ3v) is 4.41. The number of aromatic nitrogens is 2. The molecule has 3 rings (SSSR count). The highest BCUT2D eigenvalue weighted by molar-refractivity contribution is 5.76. The molecule has 2 aromatic rings. The van der Waals surface area contributed by atoms with Crippen molar-refractivity contribution in [2.45, 2.75) is 45.6 Å². The topological polar surface area (TPSA) is 29.9 Å². The van der Waals surface area contributed by atoms with Crippen LogP contribution in [0.4, 0.5) is 4.39 Å². The first-order valence-electron chi connectivity index (χ1n) is 8.13. The molecular formula is C17H24FN3. The number of piperidine rings is 1. The molecule has 21 heavy (non-hydrogen) atoms. The molecule has 1 aliphatic heterocycles. The third-order valence-electron chi connectivity index (χ3n) is 4.41. The van der Waals surface area contributed by atoms with Gasteiger partial charge in [-0.15, -0.1) is 0 Å². The van der Waals surface area contributed by atoms with E-state index >= 15 is 0 Å². The molecule has 0 radical (unpaired) electrons. The Morgan fingerprint density at radius 1 is 1.43 bits per heavy atom. The van der Waals surface area contributed by atoms with Gasteiger partial charge in [0.05, 0.1) is 11.0 Å². The summed E-state index contributed by atoms with van der Waals surface area (Å²) in [5.74, 6) is 1.67. The molecule has 0 aliphatic carbocycles. The van der Waals surface area contributed by atoms with E-state index in [1.165, 1.54) is 25.3 Å². The van der Waals surface area contributed by atoms with Gasteiger partial charge >= 0.3 is 0 Å². The first-order valence-corrected chi connectivity index (χ1v) is 8.13. The van der Waals surface area contributed by atoms with Crippen LogP contribution >= 0.6 is 0 Å². The molecule has 0 bridgehead atoms. The van der Waals surface area contributed by atoms with Crippen LogP contribution in [-0.2, 0) is 13.0 Å². The predicted octanol–water partition coefficient (Wildman–Crippen LogP) is 3.52. The number of imidazole rings is 1. The van der Waals surface area contributed by atoms with Gasteiger partial charge in [-0.25, -0.2) is 9.37 Å². The summed E-state index contributed by atoms with van der Waals surface area (Å²) < 4.78 is 15.7. The Bertz CT molecular complexity index is 599. The van der Waals surface area contributed by atoms with E-state index in [1.807, 2.05) is 6.07 Å². The molecule has 1 unspecified atom stereocenters. The first kappa shape index (κ1) is 14.5. The zero-order valence-corrected chi connectivity index (χ0v) is 12.7. The van der Waals surface area contributed by atoms with Gasteiger partial charge in [-0.3, -0.25) is 0 Å². The van der Waals surface area contributed by atoms with Crippen LogP contribution in [0.2, 0.25) is 0 Å². The van der Waals surface area contributed by atoms with Crippen molar-refractivity contribution in [2.24, 2.45) is 5.92 Å². The van der Waals surface area contributed by atoms with Crippen LogP contribution in [-0.4, -0.2) is 22.6 Å². The summed E-state index contributed by atoms with van der Waals surface area (Å²) in [5.41, 5.74) is 1.86. The normalized spacial score (nSPS) is 19.2. The number of hydrogen-bond donors (Lipinski definition) is 1. The number of aryl methyl sites for hydroxylation is 2. The highest BCUT2D eigenvalue weighted by atomic mass is 19.1. The fourth-order valence-electron chi connectivity index (χ4n) is 3.32. The summed E-state index contributed by atoms with van der Waals surface area (Å²) in [6.07, 6.45) is 5.82. The Hall–Kier alpha value is -1.42. The Labute approximate surface area is 125 Å². The maximum Gasteiger partial charge on any atom is 0.125 e. The van der Waals surface area contributed by atoms with Crippen LogP contribution in [0.3, 0.4) is 0 Å². The minimum absolute atomic E-state index is 0.202. The van der Waals surface area contributed by atoms with E-state index in [2.05, 4.69) is 21.8 Å². The van der Waals surface area contributed by atoms with Crippen LogP contribution in [0.15, 0.2) is 18.2 Å². The van der Waals surface area contributed by atoms with Crippen LogP contribution in [0.1, 0.15) is 38.4 Å². The Morgan fingerprint density at radius 3 is 3.10 bits per heavy atom. The Kier molecular flexibility index (Phi) is 4.54. The number of nitrogens with zero attached hydrogens (tertiary/aromatic N) is 2. The number of benzene rings is 1. The summed E-state index contributed by atoms with van der Waals surface area (Å²) >= 11 is 0. The quantitative estimate of drug-likeness (QED) is 0.912. The van der Waals surface area contributed by atoms with Crippen molar-refractivity contribution in [1.82, 2.24) is 14.9 Å². The Morgan fingerprint density at radius 2 is 2.33 bits per heavy atom. The lowest BCUT2D eigenvalue weighted by atomic mass is 9.94. The van der Waals surface area contributed by atoms with Gasteiger partial charge in [0.1, 0.15) is 11.6 Å². The van der Waals surface area contributed by atoms with Crippen molar-refractivity contribution < 1.29 is 4.39 Å². The van der Waals surface area contributed by atoms with E-state index in [4.69, 9.17) is 0 Å². The first-order chi connectivity index (χ1) is 10.3. The minimum atomic E-state index is -0.202. The smallest absolute Gasteiger partial charge is 0.125 e. The van der Waals surface area contributed by atoms with E-state index < -0.39 is 0 Å². The van der Waals surface area contributed by atoms with Crippen molar-refractivity contribution in [1.29, 1.82) is 0 Å². The average molecular weight is 289 g/mol. The van der Waals surface area contributed by atoms with E-state index in [0.29, 0.717) is 0 Å². The van der Waals surface area contributed by atoms with Crippen LogP contribution < -0.4 is 5.32 Å². The SMILES string of the molecule is CCCn1c(CCC2CCCNC2)nc2cc(F)ccc21. The third kappa shape index (κ3) is 3.26. The molecule has 0 spiro atoms. The number of nitrogens with one attached hydrogen (secondary N) is 1. The molecular weight excluding hydrogens is 265 g/mol. The number of fused-ring (bicyclic) bond motifs is 1. The monoisotopic (exact) mass is 289 g/mol. The van der Waals surface area contributed by atoms with Crippen molar-refractivity contribution in [3.63, 3.8) is 0 Å². The number of halogens is 1. The standard InChI is InChI=1S/C17H24FN3/c1-2-10-21-16-7-6-14(18)11-15(16)20-17(21)8-5-13-4-3-9-19-12-13/h6-7,11,13,19H,2-5,8-10,12H2,1H3. The van der Waals surface area contributed by atoms with Gasteiger partial charge in [0, 0.05) is 19.0 Å². The molecule has 1 fully saturated rings. The minimum Gasteiger partial charge on any atom is -0.328 e. The van der Waals surface area contributed by atoms with Crippen LogP contribution in [0, 0.1) is 11.7 Å². The van der Waals surface area contributed by atoms with E-state index in [0.717, 1.165) is 55.3 Å². The molecule has 1 aromatic carbocycles. The number of rotatable bonds is 5. The fraction of sp³-hybridized carbons (Fsp3) is 0.588. The second-order valence-electron chi connectivity index (χ2n) is 6.06. The van der Waals surface area contributed by atoms with Crippen molar-refractivity contribution in [3.05, 3.63) is 29.8 Å². The summed E-state index contributed by atoms with van der Waals surface area (Å²) in [6.45, 7) is 5.41. The van der Waals surface area contributed by atoms with Gasteiger partial charge in [0.2, 0.25) is 0 Å². The lowest BCUT2D eigenvalue weighted by molar-refractivity contribution is 0.354. The van der Waals surface area contributed by atoms with Gasteiger partial charge in [-0.1, -0.05) is 6.92 Å². The van der Waals surface area contributed by atoms with Crippen molar-refractivity contribution in [2.75, 3.05) is 13.1 Å². The molecule has 1 N–H and O–H groups in total. The second-order valence-corrected chi connectivity index (χ2v) is 6.06. The summed E-state index contributed by atoms with van der Waals surface area (Å²) in [4.78, 5) is 4.68. The molecule has 1 atom stereocenters. The highest BCUT2D eigenvalue weighted by Crippen LogP contribution is 2.22. The van der Waals surface area contributed by atoms with Crippen molar-refractivity contribution >= 4 is 11.0 Å².